The highest BCUT2D eigenvalue weighted by atomic mass is 79.9. The Morgan fingerprint density at radius 2 is 1.90 bits per heavy atom. The fourth-order valence-electron chi connectivity index (χ4n) is 1.99. The number of hydrogen-bond donors (Lipinski definition) is 1. The Balaban J connectivity index is 1.93. The number of para-hydroxylation sites is 1. The van der Waals surface area contributed by atoms with Crippen LogP contribution in [-0.2, 0) is 7.05 Å². The van der Waals surface area contributed by atoms with Crippen LogP contribution in [0.1, 0.15) is 10.4 Å². The zero-order valence-corrected chi connectivity index (χ0v) is 13.6. The summed E-state index contributed by atoms with van der Waals surface area (Å²) in [6, 6.07) is 15.3. The normalized spacial score (nSPS) is 11.8. The molecule has 6 heteroatoms. The van der Waals surface area contributed by atoms with Crippen LogP contribution in [0.5, 0.6) is 0 Å². The number of carbonyl (C=O) groups excluding carboxylic acids is 1. The van der Waals surface area contributed by atoms with Crippen LogP contribution in [0.3, 0.4) is 0 Å². The summed E-state index contributed by atoms with van der Waals surface area (Å²) in [6.07, 6.45) is 0. The van der Waals surface area contributed by atoms with Crippen molar-refractivity contribution in [3.8, 4) is 0 Å². The molecule has 3 rings (SSSR count). The summed E-state index contributed by atoms with van der Waals surface area (Å²) in [5.74, 6) is -0.236. The third kappa shape index (κ3) is 2.77. The van der Waals surface area contributed by atoms with E-state index in [2.05, 4.69) is 26.5 Å². The molecule has 0 aliphatic carbocycles. The molecule has 4 nitrogen and oxygen atoms in total. The molecule has 0 saturated carbocycles. The highest BCUT2D eigenvalue weighted by Gasteiger charge is 2.08. The van der Waals surface area contributed by atoms with E-state index in [1.165, 1.54) is 11.3 Å². The molecule has 2 aromatic carbocycles. The molecule has 21 heavy (non-hydrogen) atoms. The number of amides is 1. The van der Waals surface area contributed by atoms with E-state index < -0.39 is 0 Å². The van der Waals surface area contributed by atoms with Gasteiger partial charge in [0.15, 0.2) is 0 Å². The van der Waals surface area contributed by atoms with Crippen LogP contribution in [0.2, 0.25) is 0 Å². The van der Waals surface area contributed by atoms with Crippen molar-refractivity contribution in [2.45, 2.75) is 0 Å². The molecular formula is C15H12BrN3OS. The molecule has 0 aliphatic heterocycles. The lowest BCUT2D eigenvalue weighted by atomic mass is 10.2. The Morgan fingerprint density at radius 1 is 1.19 bits per heavy atom. The lowest BCUT2D eigenvalue weighted by Gasteiger charge is -2.01. The van der Waals surface area contributed by atoms with E-state index in [-0.39, 0.29) is 5.91 Å². The number of aromatic nitrogens is 1. The highest BCUT2D eigenvalue weighted by molar-refractivity contribution is 9.10. The number of aryl methyl sites for hydroxylation is 1. The van der Waals surface area contributed by atoms with Crippen LogP contribution < -0.4 is 10.2 Å². The summed E-state index contributed by atoms with van der Waals surface area (Å²) in [5.41, 5.74) is 4.26. The van der Waals surface area contributed by atoms with Crippen molar-refractivity contribution in [3.63, 3.8) is 0 Å². The smallest absolute Gasteiger partial charge is 0.272 e. The molecule has 1 aromatic heterocycles. The molecule has 1 heterocycles. The van der Waals surface area contributed by atoms with E-state index in [9.17, 15) is 4.79 Å². The van der Waals surface area contributed by atoms with Crippen molar-refractivity contribution in [2.75, 3.05) is 0 Å². The summed E-state index contributed by atoms with van der Waals surface area (Å²) in [4.78, 5) is 12.9. The van der Waals surface area contributed by atoms with Gasteiger partial charge in [0.25, 0.3) is 5.91 Å². The average Bonchev–Trinajstić information content (AvgIpc) is 2.82. The maximum absolute atomic E-state index is 12.1. The Kier molecular flexibility index (Phi) is 3.90. The molecule has 106 valence electrons. The number of hydrogen-bond acceptors (Lipinski definition) is 3. The van der Waals surface area contributed by atoms with Gasteiger partial charge >= 0.3 is 0 Å². The monoisotopic (exact) mass is 361 g/mol. The highest BCUT2D eigenvalue weighted by Crippen LogP contribution is 2.16. The molecule has 0 spiro atoms. The van der Waals surface area contributed by atoms with Gasteiger partial charge < -0.3 is 4.57 Å². The van der Waals surface area contributed by atoms with Crippen molar-refractivity contribution in [2.24, 2.45) is 12.1 Å². The first-order valence-corrected chi connectivity index (χ1v) is 7.91. The number of benzene rings is 2. The van der Waals surface area contributed by atoms with Gasteiger partial charge in [-0.1, -0.05) is 35.6 Å². The third-order valence-electron chi connectivity index (χ3n) is 3.09. The quantitative estimate of drug-likeness (QED) is 0.699. The minimum Gasteiger partial charge on any atom is -0.318 e. The van der Waals surface area contributed by atoms with Gasteiger partial charge in [0, 0.05) is 11.5 Å². The minimum atomic E-state index is -0.236. The Morgan fingerprint density at radius 3 is 2.67 bits per heavy atom. The SMILES string of the molecule is Cn1c(=NNC(=O)c2ccccc2Br)sc2ccccc21. The van der Waals surface area contributed by atoms with Gasteiger partial charge in [-0.15, -0.1) is 5.10 Å². The molecule has 0 radical (unpaired) electrons. The fourth-order valence-corrected chi connectivity index (χ4v) is 3.44. The molecule has 0 atom stereocenters. The predicted octanol–water partition coefficient (Wildman–Crippen LogP) is 3.25. The number of carbonyl (C=O) groups is 1. The predicted molar refractivity (Wildman–Crippen MR) is 88.0 cm³/mol. The van der Waals surface area contributed by atoms with Gasteiger partial charge in [0.1, 0.15) is 0 Å². The molecule has 0 bridgehead atoms. The molecule has 0 aliphatic rings. The third-order valence-corrected chi connectivity index (χ3v) is 4.89. The van der Waals surface area contributed by atoms with E-state index in [4.69, 9.17) is 0 Å². The first kappa shape index (κ1) is 14.0. The number of nitrogens with one attached hydrogen (secondary N) is 1. The maximum Gasteiger partial charge on any atom is 0.272 e. The van der Waals surface area contributed by atoms with E-state index in [0.717, 1.165) is 19.5 Å². The zero-order valence-electron chi connectivity index (χ0n) is 11.2. The minimum absolute atomic E-state index is 0.236. The average molecular weight is 362 g/mol. The topological polar surface area (TPSA) is 46.4 Å². The largest absolute Gasteiger partial charge is 0.318 e. The second-order valence-electron chi connectivity index (χ2n) is 4.44. The molecular weight excluding hydrogens is 350 g/mol. The van der Waals surface area contributed by atoms with Crippen molar-refractivity contribution in [1.29, 1.82) is 0 Å². The fraction of sp³-hybridized carbons (Fsp3) is 0.0667. The van der Waals surface area contributed by atoms with Crippen molar-refractivity contribution in [1.82, 2.24) is 9.99 Å². The number of rotatable bonds is 2. The van der Waals surface area contributed by atoms with Gasteiger partial charge in [0.05, 0.1) is 15.8 Å². The van der Waals surface area contributed by atoms with Crippen molar-refractivity contribution >= 4 is 43.4 Å². The number of thiazole rings is 1. The standard InChI is InChI=1S/C15H12BrN3OS/c1-19-12-8-4-5-9-13(12)21-15(19)18-17-14(20)10-6-2-3-7-11(10)16/h2-9H,1H3,(H,17,20). The molecule has 3 aromatic rings. The van der Waals surface area contributed by atoms with Gasteiger partial charge in [-0.3, -0.25) is 4.79 Å². The summed E-state index contributed by atoms with van der Waals surface area (Å²) >= 11 is 4.90. The van der Waals surface area contributed by atoms with Crippen LogP contribution >= 0.6 is 27.3 Å². The zero-order chi connectivity index (χ0) is 14.8. The van der Waals surface area contributed by atoms with E-state index in [1.807, 2.05) is 54.1 Å². The van der Waals surface area contributed by atoms with Gasteiger partial charge in [-0.25, -0.2) is 5.43 Å². The van der Waals surface area contributed by atoms with Gasteiger partial charge in [-0.2, -0.15) is 0 Å². The van der Waals surface area contributed by atoms with Gasteiger partial charge in [-0.05, 0) is 40.2 Å². The van der Waals surface area contributed by atoms with Crippen LogP contribution in [0.25, 0.3) is 10.2 Å². The van der Waals surface area contributed by atoms with Crippen LogP contribution in [0.15, 0.2) is 58.1 Å². The molecule has 1 amide bonds. The van der Waals surface area contributed by atoms with Crippen molar-refractivity contribution < 1.29 is 4.79 Å². The van der Waals surface area contributed by atoms with E-state index >= 15 is 0 Å². The second-order valence-corrected chi connectivity index (χ2v) is 6.31. The second kappa shape index (κ2) is 5.83. The van der Waals surface area contributed by atoms with Crippen molar-refractivity contribution in [3.05, 3.63) is 63.4 Å². The summed E-state index contributed by atoms with van der Waals surface area (Å²) in [6.45, 7) is 0. The number of nitrogens with zero attached hydrogens (tertiary/aromatic N) is 2. The first-order chi connectivity index (χ1) is 10.2. The lowest BCUT2D eigenvalue weighted by Crippen LogP contribution is -2.23. The summed E-state index contributed by atoms with van der Waals surface area (Å²) in [5, 5.41) is 4.22. The maximum atomic E-state index is 12.1. The number of fused-ring (bicyclic) bond motifs is 1. The Hall–Kier alpha value is -1.92. The lowest BCUT2D eigenvalue weighted by molar-refractivity contribution is 0.0952. The van der Waals surface area contributed by atoms with E-state index in [1.54, 1.807) is 6.07 Å². The number of halogens is 1. The molecule has 0 fully saturated rings. The van der Waals surface area contributed by atoms with Gasteiger partial charge in [0.2, 0.25) is 4.80 Å². The molecule has 0 unspecified atom stereocenters. The molecule has 1 N–H and O–H groups in total. The van der Waals surface area contributed by atoms with Crippen LogP contribution in [0.4, 0.5) is 0 Å². The Bertz CT molecular complexity index is 882. The molecule has 0 saturated heterocycles. The summed E-state index contributed by atoms with van der Waals surface area (Å²) < 4.78 is 3.84. The van der Waals surface area contributed by atoms with E-state index in [0.29, 0.717) is 5.56 Å². The van der Waals surface area contributed by atoms with Crippen LogP contribution in [0, 0.1) is 0 Å². The summed E-state index contributed by atoms with van der Waals surface area (Å²) in [7, 11) is 1.93. The van der Waals surface area contributed by atoms with Crippen LogP contribution in [-0.4, -0.2) is 10.5 Å². The Labute approximate surface area is 133 Å². The first-order valence-electron chi connectivity index (χ1n) is 6.30.